The van der Waals surface area contributed by atoms with Crippen molar-refractivity contribution < 1.29 is 9.72 Å². The number of non-ortho nitro benzene ring substituents is 1. The van der Waals surface area contributed by atoms with Crippen LogP contribution >= 0.6 is 0 Å². The number of nitrogens with zero attached hydrogens (tertiary/aromatic N) is 3. The zero-order valence-electron chi connectivity index (χ0n) is 13.5. The molecule has 2 rings (SSSR count). The molecule has 122 valence electrons. The van der Waals surface area contributed by atoms with Gasteiger partial charge in [-0.15, -0.1) is 0 Å². The van der Waals surface area contributed by atoms with Gasteiger partial charge >= 0.3 is 0 Å². The number of amides is 1. The van der Waals surface area contributed by atoms with Crippen molar-refractivity contribution in [2.75, 3.05) is 6.54 Å². The maximum Gasteiger partial charge on any atom is 0.269 e. The van der Waals surface area contributed by atoms with Gasteiger partial charge in [-0.2, -0.15) is 5.26 Å². The van der Waals surface area contributed by atoms with E-state index in [1.807, 2.05) is 26.0 Å². The van der Waals surface area contributed by atoms with Crippen LogP contribution in [0.1, 0.15) is 41.4 Å². The fourth-order valence-corrected chi connectivity index (χ4v) is 2.50. The van der Waals surface area contributed by atoms with Crippen LogP contribution in [0.15, 0.2) is 48.5 Å². The topological polar surface area (TPSA) is 87.2 Å². The lowest BCUT2D eigenvalue weighted by atomic mass is 10.0. The Balaban J connectivity index is 2.23. The van der Waals surface area contributed by atoms with Crippen LogP contribution in [0, 0.1) is 21.4 Å². The molecule has 1 atom stereocenters. The summed E-state index contributed by atoms with van der Waals surface area (Å²) >= 11 is 0. The monoisotopic (exact) mass is 323 g/mol. The number of hydrogen-bond donors (Lipinski definition) is 0. The lowest BCUT2D eigenvalue weighted by Gasteiger charge is -2.28. The Morgan fingerprint density at radius 1 is 1.21 bits per heavy atom. The van der Waals surface area contributed by atoms with Crippen LogP contribution in [-0.2, 0) is 0 Å². The third kappa shape index (κ3) is 3.58. The first-order valence-electron chi connectivity index (χ1n) is 7.53. The summed E-state index contributed by atoms with van der Waals surface area (Å²) in [7, 11) is 0. The number of hydrogen-bond acceptors (Lipinski definition) is 4. The molecule has 0 saturated carbocycles. The van der Waals surface area contributed by atoms with Gasteiger partial charge in [0, 0.05) is 24.2 Å². The van der Waals surface area contributed by atoms with Crippen molar-refractivity contribution in [3.8, 4) is 6.07 Å². The highest BCUT2D eigenvalue weighted by Crippen LogP contribution is 2.23. The summed E-state index contributed by atoms with van der Waals surface area (Å²) in [6.07, 6.45) is 0. The smallest absolute Gasteiger partial charge is 0.269 e. The van der Waals surface area contributed by atoms with Crippen LogP contribution in [0.25, 0.3) is 0 Å². The van der Waals surface area contributed by atoms with Crippen LogP contribution in [0.4, 0.5) is 5.69 Å². The summed E-state index contributed by atoms with van der Waals surface area (Å²) in [5.41, 5.74) is 1.85. The molecule has 24 heavy (non-hydrogen) atoms. The lowest BCUT2D eigenvalue weighted by molar-refractivity contribution is -0.384. The average Bonchev–Trinajstić information content (AvgIpc) is 2.62. The van der Waals surface area contributed by atoms with Crippen molar-refractivity contribution in [1.29, 1.82) is 5.26 Å². The molecule has 0 bridgehead atoms. The first kappa shape index (κ1) is 17.2. The second kappa shape index (κ2) is 7.38. The molecule has 0 aliphatic heterocycles. The largest absolute Gasteiger partial charge is 0.332 e. The van der Waals surface area contributed by atoms with Gasteiger partial charge in [-0.05, 0) is 43.7 Å². The molecular weight excluding hydrogens is 306 g/mol. The van der Waals surface area contributed by atoms with Crippen molar-refractivity contribution >= 4 is 11.6 Å². The van der Waals surface area contributed by atoms with Gasteiger partial charge in [0.05, 0.1) is 22.6 Å². The van der Waals surface area contributed by atoms with Crippen LogP contribution in [0.2, 0.25) is 0 Å². The number of carbonyl (C=O) groups is 1. The molecular formula is C18H17N3O3. The van der Waals surface area contributed by atoms with Crippen molar-refractivity contribution in [3.05, 3.63) is 75.3 Å². The van der Waals surface area contributed by atoms with Gasteiger partial charge < -0.3 is 4.90 Å². The van der Waals surface area contributed by atoms with E-state index >= 15 is 0 Å². The van der Waals surface area contributed by atoms with E-state index in [9.17, 15) is 14.9 Å². The van der Waals surface area contributed by atoms with Crippen molar-refractivity contribution in [2.24, 2.45) is 0 Å². The molecule has 0 unspecified atom stereocenters. The highest BCUT2D eigenvalue weighted by molar-refractivity contribution is 5.94. The van der Waals surface area contributed by atoms with Crippen molar-refractivity contribution in [1.82, 2.24) is 4.90 Å². The molecule has 6 nitrogen and oxygen atoms in total. The third-order valence-electron chi connectivity index (χ3n) is 3.92. The number of benzene rings is 2. The molecule has 2 aromatic rings. The van der Waals surface area contributed by atoms with Gasteiger partial charge in [0.2, 0.25) is 0 Å². The second-order valence-electron chi connectivity index (χ2n) is 5.30. The van der Waals surface area contributed by atoms with E-state index in [0.29, 0.717) is 17.7 Å². The Morgan fingerprint density at radius 3 is 2.25 bits per heavy atom. The Labute approximate surface area is 140 Å². The minimum atomic E-state index is -0.495. The maximum atomic E-state index is 12.7. The molecule has 0 N–H and O–H groups in total. The summed E-state index contributed by atoms with van der Waals surface area (Å²) in [4.78, 5) is 24.6. The lowest BCUT2D eigenvalue weighted by Crippen LogP contribution is -2.33. The average molecular weight is 323 g/mol. The second-order valence-corrected chi connectivity index (χ2v) is 5.30. The van der Waals surface area contributed by atoms with Gasteiger partial charge in [-0.1, -0.05) is 12.1 Å². The Morgan fingerprint density at radius 2 is 1.79 bits per heavy atom. The van der Waals surface area contributed by atoms with Gasteiger partial charge in [0.15, 0.2) is 0 Å². The molecule has 0 fully saturated rings. The first-order chi connectivity index (χ1) is 11.5. The van der Waals surface area contributed by atoms with Gasteiger partial charge in [0.1, 0.15) is 0 Å². The quantitative estimate of drug-likeness (QED) is 0.620. The highest BCUT2D eigenvalue weighted by atomic mass is 16.6. The number of nitro benzene ring substituents is 1. The minimum Gasteiger partial charge on any atom is -0.332 e. The summed E-state index contributed by atoms with van der Waals surface area (Å²) in [6.45, 7) is 4.29. The molecule has 1 amide bonds. The van der Waals surface area contributed by atoms with E-state index in [2.05, 4.69) is 6.07 Å². The predicted octanol–water partition coefficient (Wildman–Crippen LogP) is 3.69. The van der Waals surface area contributed by atoms with E-state index in [1.54, 1.807) is 17.0 Å². The molecule has 0 spiro atoms. The van der Waals surface area contributed by atoms with Crippen LogP contribution in [0.5, 0.6) is 0 Å². The summed E-state index contributed by atoms with van der Waals surface area (Å²) < 4.78 is 0. The van der Waals surface area contributed by atoms with E-state index in [1.165, 1.54) is 24.3 Å². The van der Waals surface area contributed by atoms with E-state index in [0.717, 1.165) is 5.56 Å². The molecule has 0 aliphatic carbocycles. The standard InChI is InChI=1S/C18H17N3O3/c1-3-20(13(2)15-6-4-14(12-19)5-7-15)18(22)16-8-10-17(11-9-16)21(23)24/h4-11,13H,3H2,1-2H3/t13-/m1/s1. The zero-order valence-corrected chi connectivity index (χ0v) is 13.5. The highest BCUT2D eigenvalue weighted by Gasteiger charge is 2.21. The molecule has 0 aliphatic rings. The minimum absolute atomic E-state index is 0.0465. The maximum absolute atomic E-state index is 12.7. The number of rotatable bonds is 5. The summed E-state index contributed by atoms with van der Waals surface area (Å²) in [6, 6.07) is 14.6. The van der Waals surface area contributed by atoms with Crippen LogP contribution in [-0.4, -0.2) is 22.3 Å². The normalized spacial score (nSPS) is 11.4. The van der Waals surface area contributed by atoms with E-state index in [-0.39, 0.29) is 17.6 Å². The molecule has 0 radical (unpaired) electrons. The van der Waals surface area contributed by atoms with E-state index < -0.39 is 4.92 Å². The fraction of sp³-hybridized carbons (Fsp3) is 0.222. The molecule has 6 heteroatoms. The molecule has 0 heterocycles. The van der Waals surface area contributed by atoms with Gasteiger partial charge in [-0.25, -0.2) is 0 Å². The summed E-state index contributed by atoms with van der Waals surface area (Å²) in [5, 5.41) is 19.6. The zero-order chi connectivity index (χ0) is 17.7. The van der Waals surface area contributed by atoms with Crippen LogP contribution in [0.3, 0.4) is 0 Å². The molecule has 0 saturated heterocycles. The van der Waals surface area contributed by atoms with Gasteiger partial charge in [0.25, 0.3) is 11.6 Å². The number of nitro groups is 1. The Kier molecular flexibility index (Phi) is 5.27. The van der Waals surface area contributed by atoms with Gasteiger partial charge in [-0.3, -0.25) is 14.9 Å². The predicted molar refractivity (Wildman–Crippen MR) is 89.4 cm³/mol. The van der Waals surface area contributed by atoms with Crippen molar-refractivity contribution in [3.63, 3.8) is 0 Å². The number of nitriles is 1. The van der Waals surface area contributed by atoms with Crippen LogP contribution < -0.4 is 0 Å². The first-order valence-corrected chi connectivity index (χ1v) is 7.53. The molecule has 0 aromatic heterocycles. The third-order valence-corrected chi connectivity index (χ3v) is 3.92. The fourth-order valence-electron chi connectivity index (χ4n) is 2.50. The Hall–Kier alpha value is -3.20. The molecule has 2 aromatic carbocycles. The number of carbonyl (C=O) groups excluding carboxylic acids is 1. The van der Waals surface area contributed by atoms with E-state index in [4.69, 9.17) is 5.26 Å². The Bertz CT molecular complexity index is 777. The van der Waals surface area contributed by atoms with Crippen molar-refractivity contribution in [2.45, 2.75) is 19.9 Å². The SMILES string of the molecule is CCN(C(=O)c1ccc([N+](=O)[O-])cc1)[C@H](C)c1ccc(C#N)cc1. The summed E-state index contributed by atoms with van der Waals surface area (Å²) in [5.74, 6) is -0.191.